The van der Waals surface area contributed by atoms with E-state index in [1.807, 2.05) is 31.2 Å². The predicted octanol–water partition coefficient (Wildman–Crippen LogP) is 5.45. The molecule has 0 radical (unpaired) electrons. The molecule has 6 nitrogen and oxygen atoms in total. The van der Waals surface area contributed by atoms with Crippen molar-refractivity contribution in [2.24, 2.45) is 10.1 Å². The number of carbonyl (C=O) groups is 2. The molecule has 3 aromatic rings. The Morgan fingerprint density at radius 3 is 2.31 bits per heavy atom. The number of aliphatic imine (C=N–C) groups is 1. The number of hydrogen-bond acceptors (Lipinski definition) is 5. The van der Waals surface area contributed by atoms with Crippen molar-refractivity contribution in [2.75, 3.05) is 5.32 Å². The highest BCUT2D eigenvalue weighted by Gasteiger charge is 2.39. The number of halogens is 2. The molecule has 0 aliphatic carbocycles. The second kappa shape index (κ2) is 10.0. The van der Waals surface area contributed by atoms with Crippen LogP contribution in [-0.4, -0.2) is 33.0 Å². The second-order valence-corrected chi connectivity index (χ2v) is 9.80. The summed E-state index contributed by atoms with van der Waals surface area (Å²) in [4.78, 5) is 29.4. The summed E-state index contributed by atoms with van der Waals surface area (Å²) in [5.74, 6) is -1.53. The molecule has 0 saturated carbocycles. The van der Waals surface area contributed by atoms with Gasteiger partial charge in [-0.25, -0.2) is 13.8 Å². The van der Waals surface area contributed by atoms with Crippen LogP contribution in [0.3, 0.4) is 0 Å². The molecule has 9 heteroatoms. The fourth-order valence-corrected chi connectivity index (χ4v) is 5.13. The quantitative estimate of drug-likeness (QED) is 0.501. The van der Waals surface area contributed by atoms with Gasteiger partial charge in [0.15, 0.2) is 5.17 Å². The molecule has 5 rings (SSSR count). The van der Waals surface area contributed by atoms with Crippen molar-refractivity contribution < 1.29 is 18.4 Å². The van der Waals surface area contributed by atoms with E-state index < -0.39 is 17.0 Å². The Hall–Kier alpha value is -3.85. The van der Waals surface area contributed by atoms with E-state index in [0.29, 0.717) is 17.3 Å². The zero-order valence-corrected chi connectivity index (χ0v) is 20.1. The maximum absolute atomic E-state index is 13.6. The highest BCUT2D eigenvalue weighted by molar-refractivity contribution is 8.15. The van der Waals surface area contributed by atoms with Crippen LogP contribution in [0.5, 0.6) is 0 Å². The Bertz CT molecular complexity index is 1360. The third-order valence-corrected chi connectivity index (χ3v) is 7.12. The van der Waals surface area contributed by atoms with Crippen LogP contribution in [-0.2, 0) is 9.59 Å². The summed E-state index contributed by atoms with van der Waals surface area (Å²) in [6.07, 6.45) is 0.468. The number of thioether (sulfide) groups is 1. The van der Waals surface area contributed by atoms with Crippen LogP contribution in [0, 0.1) is 18.6 Å². The number of nitrogens with one attached hydrogen (secondary N) is 1. The molecule has 2 aliphatic heterocycles. The van der Waals surface area contributed by atoms with Gasteiger partial charge in [-0.2, -0.15) is 10.1 Å². The van der Waals surface area contributed by atoms with Crippen molar-refractivity contribution in [1.82, 2.24) is 5.01 Å². The number of anilines is 1. The first-order valence-electron chi connectivity index (χ1n) is 11.4. The third kappa shape index (κ3) is 5.21. The van der Waals surface area contributed by atoms with Gasteiger partial charge in [-0.05, 0) is 54.4 Å². The van der Waals surface area contributed by atoms with Crippen molar-refractivity contribution in [1.29, 1.82) is 0 Å². The number of amides is 2. The van der Waals surface area contributed by atoms with Crippen LogP contribution < -0.4 is 5.32 Å². The Morgan fingerprint density at radius 1 is 1.00 bits per heavy atom. The van der Waals surface area contributed by atoms with E-state index in [-0.39, 0.29) is 24.2 Å². The largest absolute Gasteiger partial charge is 0.326 e. The van der Waals surface area contributed by atoms with Crippen molar-refractivity contribution in [3.8, 4) is 0 Å². The number of carbonyl (C=O) groups excluding carboxylic acids is 2. The Balaban J connectivity index is 1.35. The van der Waals surface area contributed by atoms with Gasteiger partial charge in [0, 0.05) is 18.5 Å². The van der Waals surface area contributed by atoms with Gasteiger partial charge in [-0.1, -0.05) is 53.7 Å². The SMILES string of the molecule is Cc1ccc(C2=NN(C3=NC(=O)[C@@H](CC(=O)Nc4ccc(F)cc4)S3)[C@@H](c3ccc(F)cc3)C2)cc1. The smallest absolute Gasteiger partial charge is 0.262 e. The average molecular weight is 505 g/mol. The maximum Gasteiger partial charge on any atom is 0.262 e. The van der Waals surface area contributed by atoms with Crippen molar-refractivity contribution in [3.05, 3.63) is 101 Å². The minimum atomic E-state index is -0.701. The van der Waals surface area contributed by atoms with Gasteiger partial charge in [0.1, 0.15) is 16.9 Å². The fraction of sp³-hybridized carbons (Fsp3) is 0.185. The van der Waals surface area contributed by atoms with Crippen LogP contribution >= 0.6 is 11.8 Å². The van der Waals surface area contributed by atoms with Crippen LogP contribution in [0.25, 0.3) is 0 Å². The summed E-state index contributed by atoms with van der Waals surface area (Å²) < 4.78 is 26.7. The molecular weight excluding hydrogens is 482 g/mol. The summed E-state index contributed by atoms with van der Waals surface area (Å²) >= 11 is 1.18. The molecule has 0 spiro atoms. The molecule has 36 heavy (non-hydrogen) atoms. The molecule has 0 bridgehead atoms. The summed E-state index contributed by atoms with van der Waals surface area (Å²) in [5, 5.41) is 8.86. The lowest BCUT2D eigenvalue weighted by Gasteiger charge is -2.23. The molecule has 182 valence electrons. The average Bonchev–Trinajstić information content (AvgIpc) is 3.45. The third-order valence-electron chi connectivity index (χ3n) is 5.97. The van der Waals surface area contributed by atoms with Gasteiger partial charge in [-0.3, -0.25) is 9.59 Å². The number of amidine groups is 1. The zero-order chi connectivity index (χ0) is 25.2. The molecule has 0 fully saturated rings. The normalized spacial score (nSPS) is 19.3. The first-order chi connectivity index (χ1) is 17.4. The maximum atomic E-state index is 13.6. The summed E-state index contributed by atoms with van der Waals surface area (Å²) in [6.45, 7) is 2.01. The van der Waals surface area contributed by atoms with Gasteiger partial charge >= 0.3 is 0 Å². The minimum Gasteiger partial charge on any atom is -0.326 e. The lowest BCUT2D eigenvalue weighted by Crippen LogP contribution is -2.25. The molecule has 2 heterocycles. The minimum absolute atomic E-state index is 0.0858. The van der Waals surface area contributed by atoms with E-state index in [1.54, 1.807) is 17.1 Å². The molecule has 1 N–H and O–H groups in total. The van der Waals surface area contributed by atoms with E-state index in [4.69, 9.17) is 5.10 Å². The van der Waals surface area contributed by atoms with Gasteiger partial charge in [0.25, 0.3) is 5.91 Å². The van der Waals surface area contributed by atoms with E-state index in [0.717, 1.165) is 22.4 Å². The lowest BCUT2D eigenvalue weighted by molar-refractivity contribution is -0.121. The van der Waals surface area contributed by atoms with E-state index in [1.165, 1.54) is 48.2 Å². The van der Waals surface area contributed by atoms with E-state index in [2.05, 4.69) is 10.3 Å². The van der Waals surface area contributed by atoms with E-state index >= 15 is 0 Å². The molecule has 3 aromatic carbocycles. The van der Waals surface area contributed by atoms with E-state index in [9.17, 15) is 18.4 Å². The zero-order valence-electron chi connectivity index (χ0n) is 19.3. The Labute approximate surface area is 211 Å². The second-order valence-electron chi connectivity index (χ2n) is 8.63. The highest BCUT2D eigenvalue weighted by atomic mass is 32.2. The first kappa shape index (κ1) is 23.9. The van der Waals surface area contributed by atoms with Gasteiger partial charge in [-0.15, -0.1) is 0 Å². The van der Waals surface area contributed by atoms with Gasteiger partial charge in [0.05, 0.1) is 11.8 Å². The number of hydrazone groups is 1. The highest BCUT2D eigenvalue weighted by Crippen LogP contribution is 2.38. The number of benzene rings is 3. The Morgan fingerprint density at radius 2 is 1.64 bits per heavy atom. The lowest BCUT2D eigenvalue weighted by atomic mass is 9.98. The standard InChI is InChI=1S/C27H22F2N4O2S/c1-16-2-4-17(5-3-16)22-14-23(18-6-8-19(28)9-7-18)33(32-22)27-31-26(35)24(36-27)15-25(34)30-21-12-10-20(29)11-13-21/h2-13,23-24H,14-15H2,1H3,(H,30,34)/t23-,24-/m1/s1. The molecule has 0 aromatic heterocycles. The predicted molar refractivity (Wildman–Crippen MR) is 137 cm³/mol. The molecule has 0 saturated heterocycles. The molecule has 0 unspecified atom stereocenters. The number of nitrogens with zero attached hydrogens (tertiary/aromatic N) is 3. The molecular formula is C27H22F2N4O2S. The molecule has 2 aliphatic rings. The molecule has 2 amide bonds. The van der Waals surface area contributed by atoms with Crippen LogP contribution in [0.2, 0.25) is 0 Å². The number of hydrogen-bond donors (Lipinski definition) is 1. The summed E-state index contributed by atoms with van der Waals surface area (Å²) in [7, 11) is 0. The molecule has 2 atom stereocenters. The van der Waals surface area contributed by atoms with Crippen molar-refractivity contribution >= 4 is 40.1 Å². The summed E-state index contributed by atoms with van der Waals surface area (Å²) in [5.41, 5.74) is 4.21. The Kier molecular flexibility index (Phi) is 6.65. The monoisotopic (exact) mass is 504 g/mol. The summed E-state index contributed by atoms with van der Waals surface area (Å²) in [6, 6.07) is 19.4. The fourth-order valence-electron chi connectivity index (χ4n) is 4.07. The number of aryl methyl sites for hydroxylation is 1. The number of rotatable bonds is 5. The van der Waals surface area contributed by atoms with Crippen molar-refractivity contribution in [2.45, 2.75) is 31.1 Å². The van der Waals surface area contributed by atoms with Crippen molar-refractivity contribution in [3.63, 3.8) is 0 Å². The van der Waals surface area contributed by atoms with Gasteiger partial charge < -0.3 is 5.32 Å². The first-order valence-corrected chi connectivity index (χ1v) is 12.3. The van der Waals surface area contributed by atoms with Crippen LogP contribution in [0.15, 0.2) is 82.9 Å². The topological polar surface area (TPSA) is 74.1 Å². The van der Waals surface area contributed by atoms with Gasteiger partial charge in [0.2, 0.25) is 5.91 Å². The van der Waals surface area contributed by atoms with Crippen LogP contribution in [0.1, 0.15) is 35.6 Å². The van der Waals surface area contributed by atoms with Crippen LogP contribution in [0.4, 0.5) is 14.5 Å².